The van der Waals surface area contributed by atoms with Crippen molar-refractivity contribution in [2.75, 3.05) is 56.3 Å². The minimum absolute atomic E-state index is 0.0438. The number of carbonyl (C=O) groups excluding carboxylic acids is 1. The molecule has 1 atom stereocenters. The Kier molecular flexibility index (Phi) is 6.63. The van der Waals surface area contributed by atoms with E-state index < -0.39 is 0 Å². The van der Waals surface area contributed by atoms with Crippen molar-refractivity contribution in [1.29, 1.82) is 0 Å². The second kappa shape index (κ2) is 9.75. The third kappa shape index (κ3) is 4.99. The van der Waals surface area contributed by atoms with Crippen LogP contribution in [0.25, 0.3) is 0 Å². The highest BCUT2D eigenvalue weighted by Crippen LogP contribution is 2.23. The van der Waals surface area contributed by atoms with Crippen molar-refractivity contribution in [3.8, 4) is 5.75 Å². The molecule has 0 spiro atoms. The average molecular weight is 412 g/mol. The molecule has 160 valence electrons. The number of aromatic nitrogens is 2. The lowest BCUT2D eigenvalue weighted by atomic mass is 9.97. The van der Waals surface area contributed by atoms with Crippen molar-refractivity contribution >= 4 is 17.5 Å². The van der Waals surface area contributed by atoms with Gasteiger partial charge in [-0.05, 0) is 42.7 Å². The van der Waals surface area contributed by atoms with Gasteiger partial charge in [0.2, 0.25) is 5.91 Å². The molecule has 0 bridgehead atoms. The van der Waals surface area contributed by atoms with Crippen LogP contribution in [0.2, 0.25) is 0 Å². The van der Waals surface area contributed by atoms with Gasteiger partial charge < -0.3 is 24.6 Å². The van der Waals surface area contributed by atoms with Crippen LogP contribution < -0.4 is 19.9 Å². The first kappa shape index (κ1) is 20.4. The number of nitrogens with zero attached hydrogens (tertiary/aromatic N) is 4. The SMILES string of the molecule is COc1ccc(CNC(=O)[C@@H]2CCCN(c3ccc(N4CCOCC4)nn3)C2)cc1. The quantitative estimate of drug-likeness (QED) is 0.777. The number of amides is 1. The van der Waals surface area contributed by atoms with Crippen molar-refractivity contribution < 1.29 is 14.3 Å². The Morgan fingerprint density at radius 1 is 1.07 bits per heavy atom. The van der Waals surface area contributed by atoms with Crippen LogP contribution >= 0.6 is 0 Å². The highest BCUT2D eigenvalue weighted by Gasteiger charge is 2.26. The summed E-state index contributed by atoms with van der Waals surface area (Å²) in [4.78, 5) is 17.1. The Morgan fingerprint density at radius 3 is 2.43 bits per heavy atom. The molecule has 2 aliphatic rings. The summed E-state index contributed by atoms with van der Waals surface area (Å²) >= 11 is 0. The van der Waals surface area contributed by atoms with E-state index in [1.54, 1.807) is 7.11 Å². The van der Waals surface area contributed by atoms with Crippen LogP contribution in [0.15, 0.2) is 36.4 Å². The molecule has 4 rings (SSSR count). The Morgan fingerprint density at radius 2 is 1.77 bits per heavy atom. The number of methoxy groups -OCH3 is 1. The Bertz CT molecular complexity index is 822. The van der Waals surface area contributed by atoms with Crippen LogP contribution in [0.3, 0.4) is 0 Å². The molecule has 30 heavy (non-hydrogen) atoms. The van der Waals surface area contributed by atoms with Crippen LogP contribution in [0.4, 0.5) is 11.6 Å². The Labute approximate surface area is 177 Å². The molecular formula is C22H29N5O3. The zero-order chi connectivity index (χ0) is 20.8. The van der Waals surface area contributed by atoms with Gasteiger partial charge in [-0.15, -0.1) is 10.2 Å². The maximum atomic E-state index is 12.7. The molecule has 2 fully saturated rings. The molecule has 1 amide bonds. The monoisotopic (exact) mass is 411 g/mol. The van der Waals surface area contributed by atoms with Gasteiger partial charge in [-0.1, -0.05) is 12.1 Å². The fourth-order valence-corrected chi connectivity index (χ4v) is 3.92. The summed E-state index contributed by atoms with van der Waals surface area (Å²) in [6.07, 6.45) is 1.86. The van der Waals surface area contributed by atoms with Gasteiger partial charge in [-0.25, -0.2) is 0 Å². The third-order valence-electron chi connectivity index (χ3n) is 5.71. The number of nitrogens with one attached hydrogen (secondary N) is 1. The second-order valence-corrected chi connectivity index (χ2v) is 7.70. The molecular weight excluding hydrogens is 382 g/mol. The van der Waals surface area contributed by atoms with Gasteiger partial charge in [0, 0.05) is 32.7 Å². The summed E-state index contributed by atoms with van der Waals surface area (Å²) in [7, 11) is 1.64. The normalized spacial score (nSPS) is 19.4. The molecule has 2 aromatic rings. The Balaban J connectivity index is 1.31. The van der Waals surface area contributed by atoms with Crippen molar-refractivity contribution in [3.05, 3.63) is 42.0 Å². The van der Waals surface area contributed by atoms with Crippen LogP contribution in [0.5, 0.6) is 5.75 Å². The largest absolute Gasteiger partial charge is 0.497 e. The number of ether oxygens (including phenoxy) is 2. The molecule has 3 heterocycles. The lowest BCUT2D eigenvalue weighted by molar-refractivity contribution is -0.125. The summed E-state index contributed by atoms with van der Waals surface area (Å²) in [6, 6.07) is 11.8. The van der Waals surface area contributed by atoms with E-state index in [9.17, 15) is 4.79 Å². The average Bonchev–Trinajstić information content (AvgIpc) is 2.83. The summed E-state index contributed by atoms with van der Waals surface area (Å²) < 4.78 is 10.6. The molecule has 1 N–H and O–H groups in total. The van der Waals surface area contributed by atoms with Gasteiger partial charge in [0.05, 0.1) is 26.2 Å². The van der Waals surface area contributed by atoms with Crippen LogP contribution in [0, 0.1) is 5.92 Å². The topological polar surface area (TPSA) is 79.8 Å². The van der Waals surface area contributed by atoms with E-state index in [2.05, 4.69) is 25.3 Å². The van der Waals surface area contributed by atoms with Gasteiger partial charge in [0.25, 0.3) is 0 Å². The highest BCUT2D eigenvalue weighted by molar-refractivity contribution is 5.79. The third-order valence-corrected chi connectivity index (χ3v) is 5.71. The lowest BCUT2D eigenvalue weighted by Gasteiger charge is -2.33. The van der Waals surface area contributed by atoms with E-state index in [0.29, 0.717) is 13.1 Å². The summed E-state index contributed by atoms with van der Waals surface area (Å²) in [5.74, 6) is 2.58. The first-order chi connectivity index (χ1) is 14.7. The van der Waals surface area contributed by atoms with Gasteiger partial charge in [0.15, 0.2) is 11.6 Å². The Hall–Kier alpha value is -2.87. The zero-order valence-electron chi connectivity index (χ0n) is 17.4. The molecule has 8 heteroatoms. The molecule has 0 radical (unpaired) electrons. The number of piperidine rings is 1. The number of carbonyl (C=O) groups is 1. The number of anilines is 2. The molecule has 0 aliphatic carbocycles. The van der Waals surface area contributed by atoms with Crippen molar-refractivity contribution in [2.24, 2.45) is 5.92 Å². The van der Waals surface area contributed by atoms with Crippen molar-refractivity contribution in [1.82, 2.24) is 15.5 Å². The number of hydrogen-bond acceptors (Lipinski definition) is 7. The fraction of sp³-hybridized carbons (Fsp3) is 0.500. The number of benzene rings is 1. The summed E-state index contributed by atoms with van der Waals surface area (Å²) in [6.45, 7) is 5.22. The van der Waals surface area contributed by atoms with E-state index in [1.807, 2.05) is 36.4 Å². The predicted molar refractivity (Wildman–Crippen MR) is 115 cm³/mol. The van der Waals surface area contributed by atoms with Gasteiger partial charge in [0.1, 0.15) is 5.75 Å². The minimum atomic E-state index is -0.0438. The maximum Gasteiger partial charge on any atom is 0.225 e. The molecule has 0 saturated carbocycles. The van der Waals surface area contributed by atoms with Crippen molar-refractivity contribution in [3.63, 3.8) is 0 Å². The molecule has 8 nitrogen and oxygen atoms in total. The maximum absolute atomic E-state index is 12.7. The number of hydrogen-bond donors (Lipinski definition) is 1. The number of morpholine rings is 1. The standard InChI is InChI=1S/C22H29N5O3/c1-29-19-6-4-17(5-7-19)15-23-22(28)18-3-2-10-27(16-18)21-9-8-20(24-25-21)26-11-13-30-14-12-26/h4-9,18H,2-3,10-16H2,1H3,(H,23,28)/t18-/m1/s1. The fourth-order valence-electron chi connectivity index (χ4n) is 3.92. The van der Waals surface area contributed by atoms with E-state index in [-0.39, 0.29) is 11.8 Å². The summed E-state index contributed by atoms with van der Waals surface area (Å²) in [5, 5.41) is 11.9. The van der Waals surface area contributed by atoms with E-state index in [0.717, 1.165) is 68.6 Å². The first-order valence-corrected chi connectivity index (χ1v) is 10.5. The van der Waals surface area contributed by atoms with Gasteiger partial charge in [-0.3, -0.25) is 4.79 Å². The highest BCUT2D eigenvalue weighted by atomic mass is 16.5. The molecule has 1 aromatic carbocycles. The first-order valence-electron chi connectivity index (χ1n) is 10.5. The van der Waals surface area contributed by atoms with Crippen LogP contribution in [0.1, 0.15) is 18.4 Å². The van der Waals surface area contributed by atoms with Gasteiger partial charge >= 0.3 is 0 Å². The van der Waals surface area contributed by atoms with Gasteiger partial charge in [-0.2, -0.15) is 0 Å². The molecule has 2 aliphatic heterocycles. The van der Waals surface area contributed by atoms with Crippen molar-refractivity contribution in [2.45, 2.75) is 19.4 Å². The molecule has 2 saturated heterocycles. The van der Waals surface area contributed by atoms with Crippen LogP contribution in [-0.4, -0.2) is 62.6 Å². The number of rotatable bonds is 6. The minimum Gasteiger partial charge on any atom is -0.497 e. The van der Waals surface area contributed by atoms with E-state index in [1.165, 1.54) is 0 Å². The molecule has 1 aromatic heterocycles. The zero-order valence-corrected chi connectivity index (χ0v) is 17.4. The van der Waals surface area contributed by atoms with E-state index in [4.69, 9.17) is 9.47 Å². The molecule has 0 unspecified atom stereocenters. The van der Waals surface area contributed by atoms with E-state index >= 15 is 0 Å². The summed E-state index contributed by atoms with van der Waals surface area (Å²) in [5.41, 5.74) is 1.06. The second-order valence-electron chi connectivity index (χ2n) is 7.70. The van der Waals surface area contributed by atoms with Crippen LogP contribution in [-0.2, 0) is 16.1 Å². The lowest BCUT2D eigenvalue weighted by Crippen LogP contribution is -2.43. The smallest absolute Gasteiger partial charge is 0.225 e. The predicted octanol–water partition coefficient (Wildman–Crippen LogP) is 1.85.